The van der Waals surface area contributed by atoms with E-state index in [0.29, 0.717) is 5.56 Å². The van der Waals surface area contributed by atoms with Gasteiger partial charge < -0.3 is 10.6 Å². The monoisotopic (exact) mass is 435 g/mol. The number of halogens is 4. The molecule has 2 amide bonds. The summed E-state index contributed by atoms with van der Waals surface area (Å²) in [5.74, 6) is -1.77. The van der Waals surface area contributed by atoms with Crippen LogP contribution in [-0.4, -0.2) is 26.8 Å². The molecule has 7 nitrogen and oxygen atoms in total. The van der Waals surface area contributed by atoms with E-state index in [1.807, 2.05) is 0 Å². The van der Waals surface area contributed by atoms with Gasteiger partial charge in [-0.3, -0.25) is 9.59 Å². The van der Waals surface area contributed by atoms with Gasteiger partial charge in [-0.05, 0) is 49.7 Å². The Morgan fingerprint density at radius 2 is 1.74 bits per heavy atom. The van der Waals surface area contributed by atoms with Crippen LogP contribution in [0.15, 0.2) is 42.5 Å². The molecule has 0 saturated carbocycles. The third kappa shape index (κ3) is 5.24. The molecule has 0 aliphatic heterocycles. The predicted molar refractivity (Wildman–Crippen MR) is 104 cm³/mol. The lowest BCUT2D eigenvalue weighted by Crippen LogP contribution is -2.21. The zero-order chi connectivity index (χ0) is 22.8. The third-order valence-corrected chi connectivity index (χ3v) is 4.39. The number of aryl methyl sites for hydroxylation is 1. The van der Waals surface area contributed by atoms with E-state index in [2.05, 4.69) is 20.9 Å². The minimum absolute atomic E-state index is 0.0621. The predicted octanol–water partition coefficient (Wildman–Crippen LogP) is 3.94. The number of hydrogen-bond acceptors (Lipinski definition) is 4. The second kappa shape index (κ2) is 8.54. The minimum atomic E-state index is -4.55. The van der Waals surface area contributed by atoms with Gasteiger partial charge in [0.1, 0.15) is 12.4 Å². The number of anilines is 2. The summed E-state index contributed by atoms with van der Waals surface area (Å²) in [4.78, 5) is 24.6. The Morgan fingerprint density at radius 3 is 2.42 bits per heavy atom. The van der Waals surface area contributed by atoms with Gasteiger partial charge in [0.25, 0.3) is 5.91 Å². The summed E-state index contributed by atoms with van der Waals surface area (Å²) in [5.41, 5.74) is -0.195. The molecule has 2 N–H and O–H groups in total. The molecule has 1 aromatic heterocycles. The number of carbonyl (C=O) groups excluding carboxylic acids is 2. The fraction of sp³-hybridized carbons (Fsp3) is 0.200. The van der Waals surface area contributed by atoms with Crippen LogP contribution in [0.2, 0.25) is 0 Å². The summed E-state index contributed by atoms with van der Waals surface area (Å²) in [7, 11) is 0. The molecule has 0 aliphatic carbocycles. The average molecular weight is 435 g/mol. The molecule has 31 heavy (non-hydrogen) atoms. The molecule has 11 heteroatoms. The van der Waals surface area contributed by atoms with Gasteiger partial charge in [-0.25, -0.2) is 9.07 Å². The van der Waals surface area contributed by atoms with Gasteiger partial charge in [0.05, 0.1) is 11.3 Å². The number of nitrogens with zero attached hydrogens (tertiary/aromatic N) is 3. The lowest BCUT2D eigenvalue weighted by Gasteiger charge is -2.09. The van der Waals surface area contributed by atoms with E-state index >= 15 is 0 Å². The van der Waals surface area contributed by atoms with E-state index in [1.165, 1.54) is 31.2 Å². The Hall–Kier alpha value is -3.76. The number of benzene rings is 2. The smallest absolute Gasteiger partial charge is 0.324 e. The fourth-order valence-corrected chi connectivity index (χ4v) is 2.69. The van der Waals surface area contributed by atoms with Gasteiger partial charge in [-0.15, -0.1) is 5.10 Å². The van der Waals surface area contributed by atoms with Gasteiger partial charge in [0.15, 0.2) is 5.69 Å². The van der Waals surface area contributed by atoms with Crippen molar-refractivity contribution in [3.05, 3.63) is 70.8 Å². The molecule has 0 fully saturated rings. The quantitative estimate of drug-likeness (QED) is 0.594. The highest BCUT2D eigenvalue weighted by Crippen LogP contribution is 2.30. The molecule has 0 saturated heterocycles. The first-order valence-electron chi connectivity index (χ1n) is 8.99. The molecule has 162 valence electrons. The molecule has 0 radical (unpaired) electrons. The van der Waals surface area contributed by atoms with Crippen molar-refractivity contribution in [2.24, 2.45) is 0 Å². The van der Waals surface area contributed by atoms with Crippen molar-refractivity contribution >= 4 is 23.2 Å². The molecule has 3 rings (SSSR count). The lowest BCUT2D eigenvalue weighted by atomic mass is 10.2. The van der Waals surface area contributed by atoms with Crippen molar-refractivity contribution in [1.82, 2.24) is 15.0 Å². The van der Waals surface area contributed by atoms with Crippen LogP contribution in [0.25, 0.3) is 0 Å². The number of rotatable bonds is 5. The van der Waals surface area contributed by atoms with Crippen molar-refractivity contribution in [2.75, 3.05) is 10.6 Å². The van der Waals surface area contributed by atoms with Crippen molar-refractivity contribution < 1.29 is 27.2 Å². The molecule has 0 unspecified atom stereocenters. The molecular weight excluding hydrogens is 418 g/mol. The molecule has 2 aromatic carbocycles. The molecule has 0 bridgehead atoms. The highest BCUT2D eigenvalue weighted by Gasteiger charge is 2.30. The van der Waals surface area contributed by atoms with E-state index in [0.717, 1.165) is 16.8 Å². The number of alkyl halides is 3. The topological polar surface area (TPSA) is 88.9 Å². The standard InChI is InChI=1S/C20H17F4N5O2/c1-11-6-7-15(9-16(11)21)25-17(30)10-29-12(2)18(27-28-29)19(31)26-14-5-3-4-13(8-14)20(22,23)24/h3-9H,10H2,1-2H3,(H,25,30)(H,26,31). The van der Waals surface area contributed by atoms with Crippen molar-refractivity contribution in [2.45, 2.75) is 26.6 Å². The van der Waals surface area contributed by atoms with Crippen molar-refractivity contribution in [3.8, 4) is 0 Å². The van der Waals surface area contributed by atoms with Gasteiger partial charge in [-0.2, -0.15) is 13.2 Å². The number of nitrogens with one attached hydrogen (secondary N) is 2. The van der Waals surface area contributed by atoms with Crippen LogP contribution in [0.5, 0.6) is 0 Å². The van der Waals surface area contributed by atoms with Crippen LogP contribution in [0.3, 0.4) is 0 Å². The SMILES string of the molecule is Cc1ccc(NC(=O)Cn2nnc(C(=O)Nc3cccc(C(F)(F)F)c3)c2C)cc1F. The second-order valence-electron chi connectivity index (χ2n) is 6.73. The lowest BCUT2D eigenvalue weighted by molar-refractivity contribution is -0.137. The van der Waals surface area contributed by atoms with Crippen LogP contribution >= 0.6 is 0 Å². The van der Waals surface area contributed by atoms with Crippen LogP contribution in [0.1, 0.15) is 27.3 Å². The Morgan fingerprint density at radius 1 is 1.03 bits per heavy atom. The maximum atomic E-state index is 13.6. The van der Waals surface area contributed by atoms with Crippen molar-refractivity contribution in [3.63, 3.8) is 0 Å². The molecule has 0 atom stereocenters. The molecule has 0 aliphatic rings. The van der Waals surface area contributed by atoms with Gasteiger partial charge >= 0.3 is 6.18 Å². The Kier molecular flexibility index (Phi) is 6.04. The van der Waals surface area contributed by atoms with Gasteiger partial charge in [0.2, 0.25) is 5.91 Å². The summed E-state index contributed by atoms with van der Waals surface area (Å²) in [5, 5.41) is 12.3. The van der Waals surface area contributed by atoms with E-state index in [4.69, 9.17) is 0 Å². The van der Waals surface area contributed by atoms with Crippen LogP contribution in [0.4, 0.5) is 28.9 Å². The van der Waals surface area contributed by atoms with Gasteiger partial charge in [0, 0.05) is 11.4 Å². The number of aromatic nitrogens is 3. The normalized spacial score (nSPS) is 11.3. The average Bonchev–Trinajstić information content (AvgIpc) is 3.04. The molecule has 3 aromatic rings. The van der Waals surface area contributed by atoms with Crippen molar-refractivity contribution in [1.29, 1.82) is 0 Å². The molecule has 1 heterocycles. The first-order valence-corrected chi connectivity index (χ1v) is 8.99. The van der Waals surface area contributed by atoms with E-state index in [-0.39, 0.29) is 29.3 Å². The zero-order valence-corrected chi connectivity index (χ0v) is 16.4. The summed E-state index contributed by atoms with van der Waals surface area (Å²) in [6.07, 6.45) is -4.55. The first kappa shape index (κ1) is 21.9. The Labute approximate surface area is 174 Å². The largest absolute Gasteiger partial charge is 0.416 e. The molecule has 0 spiro atoms. The Balaban J connectivity index is 1.68. The maximum Gasteiger partial charge on any atom is 0.416 e. The highest BCUT2D eigenvalue weighted by atomic mass is 19.4. The van der Waals surface area contributed by atoms with E-state index < -0.39 is 29.4 Å². The number of carbonyl (C=O) groups is 2. The summed E-state index contributed by atoms with van der Waals surface area (Å²) in [6, 6.07) is 8.39. The summed E-state index contributed by atoms with van der Waals surface area (Å²) >= 11 is 0. The summed E-state index contributed by atoms with van der Waals surface area (Å²) < 4.78 is 53.2. The maximum absolute atomic E-state index is 13.6. The van der Waals surface area contributed by atoms with Crippen LogP contribution in [0, 0.1) is 19.7 Å². The summed E-state index contributed by atoms with van der Waals surface area (Å²) in [6.45, 7) is 2.77. The third-order valence-electron chi connectivity index (χ3n) is 4.39. The first-order chi connectivity index (χ1) is 14.5. The second-order valence-corrected chi connectivity index (χ2v) is 6.73. The fourth-order valence-electron chi connectivity index (χ4n) is 2.69. The van der Waals surface area contributed by atoms with E-state index in [1.54, 1.807) is 13.0 Å². The molecular formula is C20H17F4N5O2. The van der Waals surface area contributed by atoms with Crippen LogP contribution < -0.4 is 10.6 Å². The number of hydrogen-bond donors (Lipinski definition) is 2. The Bertz CT molecular complexity index is 1140. The van der Waals surface area contributed by atoms with Gasteiger partial charge in [-0.1, -0.05) is 17.3 Å². The highest BCUT2D eigenvalue weighted by molar-refractivity contribution is 6.03. The minimum Gasteiger partial charge on any atom is -0.324 e. The van der Waals surface area contributed by atoms with E-state index in [9.17, 15) is 27.2 Å². The number of amides is 2. The van der Waals surface area contributed by atoms with Crippen LogP contribution in [-0.2, 0) is 17.5 Å². The zero-order valence-electron chi connectivity index (χ0n) is 16.4.